The van der Waals surface area contributed by atoms with Gasteiger partial charge in [-0.05, 0) is 45.8 Å². The number of nitrogens with zero attached hydrogens (tertiary/aromatic N) is 3. The lowest BCUT2D eigenvalue weighted by molar-refractivity contribution is -0.144. The predicted molar refractivity (Wildman–Crippen MR) is 88.9 cm³/mol. The molecule has 22 heavy (non-hydrogen) atoms. The Morgan fingerprint density at radius 3 is 2.41 bits per heavy atom. The summed E-state index contributed by atoms with van der Waals surface area (Å²) < 4.78 is 5.23. The van der Waals surface area contributed by atoms with Gasteiger partial charge in [0.15, 0.2) is 0 Å². The average Bonchev–Trinajstić information content (AvgIpc) is 2.43. The van der Waals surface area contributed by atoms with Crippen molar-refractivity contribution in [3.63, 3.8) is 0 Å². The Hall–Kier alpha value is -0.650. The van der Waals surface area contributed by atoms with Crippen LogP contribution in [-0.4, -0.2) is 85.7 Å². The molecule has 0 saturated carbocycles. The number of amides is 1. The highest BCUT2D eigenvalue weighted by Gasteiger charge is 2.38. The van der Waals surface area contributed by atoms with E-state index in [0.29, 0.717) is 24.6 Å². The zero-order valence-corrected chi connectivity index (χ0v) is 14.8. The van der Waals surface area contributed by atoms with Crippen LogP contribution in [0.3, 0.4) is 0 Å². The lowest BCUT2D eigenvalue weighted by atomic mass is 9.96. The van der Waals surface area contributed by atoms with Crippen molar-refractivity contribution in [3.8, 4) is 0 Å². The van der Waals surface area contributed by atoms with Gasteiger partial charge in [0, 0.05) is 38.3 Å². The Morgan fingerprint density at radius 2 is 1.86 bits per heavy atom. The van der Waals surface area contributed by atoms with E-state index in [4.69, 9.17) is 4.74 Å². The quantitative estimate of drug-likeness (QED) is 0.710. The molecule has 0 aromatic carbocycles. The first-order chi connectivity index (χ1) is 10.5. The van der Waals surface area contributed by atoms with Crippen LogP contribution < -0.4 is 0 Å². The van der Waals surface area contributed by atoms with Crippen LogP contribution in [0, 0.1) is 5.92 Å². The molecule has 2 heterocycles. The van der Waals surface area contributed by atoms with Crippen molar-refractivity contribution in [1.82, 2.24) is 14.7 Å². The number of hydrogen-bond donors (Lipinski definition) is 0. The molecule has 5 nitrogen and oxygen atoms in total. The van der Waals surface area contributed by atoms with Gasteiger partial charge in [0.25, 0.3) is 0 Å². The van der Waals surface area contributed by atoms with Gasteiger partial charge in [-0.1, -0.05) is 13.8 Å². The number of carbonyl (C=O) groups is 1. The van der Waals surface area contributed by atoms with E-state index < -0.39 is 0 Å². The number of ether oxygens (including phenoxy) is 1. The molecular formula is C17H33N3O2. The van der Waals surface area contributed by atoms with E-state index >= 15 is 0 Å². The van der Waals surface area contributed by atoms with Crippen molar-refractivity contribution < 1.29 is 9.53 Å². The first kappa shape index (κ1) is 17.7. The molecule has 2 rings (SSSR count). The van der Waals surface area contributed by atoms with E-state index in [0.717, 1.165) is 19.6 Å². The topological polar surface area (TPSA) is 36.0 Å². The van der Waals surface area contributed by atoms with Crippen molar-refractivity contribution in [2.24, 2.45) is 5.92 Å². The Balaban J connectivity index is 1.84. The molecule has 0 aliphatic carbocycles. The van der Waals surface area contributed by atoms with Crippen LogP contribution in [0.15, 0.2) is 0 Å². The van der Waals surface area contributed by atoms with Crippen LogP contribution in [-0.2, 0) is 9.53 Å². The van der Waals surface area contributed by atoms with Gasteiger partial charge in [0.2, 0.25) is 5.91 Å². The molecule has 0 aromatic rings. The number of hydrogen-bond acceptors (Lipinski definition) is 4. The molecule has 2 aliphatic rings. The fourth-order valence-electron chi connectivity index (χ4n) is 3.49. The minimum Gasteiger partial charge on any atom is -0.372 e. The smallest absolute Gasteiger partial charge is 0.248 e. The van der Waals surface area contributed by atoms with Gasteiger partial charge >= 0.3 is 0 Å². The lowest BCUT2D eigenvalue weighted by Gasteiger charge is -2.50. The summed E-state index contributed by atoms with van der Waals surface area (Å²) >= 11 is 0. The first-order valence-corrected chi connectivity index (χ1v) is 8.81. The van der Waals surface area contributed by atoms with Crippen LogP contribution in [0.4, 0.5) is 0 Å². The van der Waals surface area contributed by atoms with Crippen LogP contribution in [0.2, 0.25) is 0 Å². The molecule has 0 bridgehead atoms. The molecule has 2 fully saturated rings. The predicted octanol–water partition coefficient (Wildman–Crippen LogP) is 1.29. The Labute approximate surface area is 135 Å². The van der Waals surface area contributed by atoms with Crippen LogP contribution >= 0.6 is 0 Å². The van der Waals surface area contributed by atoms with Crippen molar-refractivity contribution in [2.45, 2.75) is 45.7 Å². The van der Waals surface area contributed by atoms with Crippen molar-refractivity contribution in [3.05, 3.63) is 0 Å². The fraction of sp³-hybridized carbons (Fsp3) is 0.941. The first-order valence-electron chi connectivity index (χ1n) is 8.81. The third kappa shape index (κ3) is 4.67. The van der Waals surface area contributed by atoms with E-state index in [9.17, 15) is 4.79 Å². The summed E-state index contributed by atoms with van der Waals surface area (Å²) in [5.74, 6) is 0.818. The molecule has 128 valence electrons. The van der Waals surface area contributed by atoms with Crippen LogP contribution in [0.1, 0.15) is 33.6 Å². The molecule has 0 aromatic heterocycles. The summed E-state index contributed by atoms with van der Waals surface area (Å²) in [7, 11) is 2.21. The van der Waals surface area contributed by atoms with Gasteiger partial charge in [0.1, 0.15) is 6.61 Å². The number of carbonyl (C=O) groups excluding carboxylic acids is 1. The highest BCUT2D eigenvalue weighted by Crippen LogP contribution is 2.24. The molecule has 0 radical (unpaired) electrons. The third-order valence-corrected chi connectivity index (χ3v) is 4.85. The number of piperidine rings is 1. The molecular weight excluding hydrogens is 278 g/mol. The Morgan fingerprint density at radius 1 is 1.23 bits per heavy atom. The van der Waals surface area contributed by atoms with Crippen LogP contribution in [0.5, 0.6) is 0 Å². The summed E-state index contributed by atoms with van der Waals surface area (Å²) in [6, 6.07) is 1.23. The van der Waals surface area contributed by atoms with Gasteiger partial charge in [-0.2, -0.15) is 0 Å². The maximum absolute atomic E-state index is 12.0. The second-order valence-electron chi connectivity index (χ2n) is 7.21. The van der Waals surface area contributed by atoms with Gasteiger partial charge in [0.05, 0.1) is 0 Å². The standard InChI is InChI=1S/C17H33N3O2/c1-5-22-13-17(21)19-11-16(12-19)20(10-14(2)3)15-6-8-18(4)9-7-15/h14-16H,5-13H2,1-4H3. The van der Waals surface area contributed by atoms with Crippen LogP contribution in [0.25, 0.3) is 0 Å². The second kappa shape index (κ2) is 8.27. The molecule has 1 amide bonds. The van der Waals surface area contributed by atoms with E-state index in [2.05, 4.69) is 30.7 Å². The largest absolute Gasteiger partial charge is 0.372 e. The summed E-state index contributed by atoms with van der Waals surface area (Å²) in [6.07, 6.45) is 2.51. The normalized spacial score (nSPS) is 21.6. The zero-order chi connectivity index (χ0) is 16.1. The van der Waals surface area contributed by atoms with E-state index in [1.54, 1.807) is 0 Å². The Kier molecular flexibility index (Phi) is 6.66. The molecule has 0 N–H and O–H groups in total. The molecule has 5 heteroatoms. The van der Waals surface area contributed by atoms with E-state index in [-0.39, 0.29) is 12.5 Å². The van der Waals surface area contributed by atoms with Gasteiger partial charge in [-0.25, -0.2) is 0 Å². The zero-order valence-electron chi connectivity index (χ0n) is 14.8. The molecule has 0 atom stereocenters. The summed E-state index contributed by atoms with van der Waals surface area (Å²) in [6.45, 7) is 12.6. The maximum Gasteiger partial charge on any atom is 0.248 e. The average molecular weight is 311 g/mol. The number of rotatable bonds is 7. The molecule has 2 saturated heterocycles. The summed E-state index contributed by atoms with van der Waals surface area (Å²) in [4.78, 5) is 19.0. The van der Waals surface area contributed by atoms with Gasteiger partial charge in [-0.3, -0.25) is 9.69 Å². The SMILES string of the molecule is CCOCC(=O)N1CC(N(CC(C)C)C2CCN(C)CC2)C1. The van der Waals surface area contributed by atoms with E-state index in [1.807, 2.05) is 11.8 Å². The Bertz CT molecular complexity index is 348. The van der Waals surface area contributed by atoms with Crippen molar-refractivity contribution >= 4 is 5.91 Å². The van der Waals surface area contributed by atoms with Gasteiger partial charge in [-0.15, -0.1) is 0 Å². The van der Waals surface area contributed by atoms with Gasteiger partial charge < -0.3 is 14.5 Å². The molecule has 0 unspecified atom stereocenters. The monoisotopic (exact) mass is 311 g/mol. The minimum absolute atomic E-state index is 0.144. The molecule has 2 aliphatic heterocycles. The van der Waals surface area contributed by atoms with E-state index in [1.165, 1.54) is 25.9 Å². The minimum atomic E-state index is 0.144. The third-order valence-electron chi connectivity index (χ3n) is 4.85. The fourth-order valence-corrected chi connectivity index (χ4v) is 3.49. The highest BCUT2D eigenvalue weighted by atomic mass is 16.5. The lowest BCUT2D eigenvalue weighted by Crippen LogP contribution is -2.65. The van der Waals surface area contributed by atoms with Crippen molar-refractivity contribution in [2.75, 3.05) is 53.0 Å². The van der Waals surface area contributed by atoms with Crippen molar-refractivity contribution in [1.29, 1.82) is 0 Å². The summed E-state index contributed by atoms with van der Waals surface area (Å²) in [5.41, 5.74) is 0. The summed E-state index contributed by atoms with van der Waals surface area (Å²) in [5, 5.41) is 0. The second-order valence-corrected chi connectivity index (χ2v) is 7.21. The highest BCUT2D eigenvalue weighted by molar-refractivity contribution is 5.78. The number of likely N-dealkylation sites (tertiary alicyclic amines) is 2. The maximum atomic E-state index is 12.0. The molecule has 0 spiro atoms.